The van der Waals surface area contributed by atoms with Crippen LogP contribution in [0.15, 0.2) is 66.7 Å². The summed E-state index contributed by atoms with van der Waals surface area (Å²) in [5.74, 6) is 0.0218. The van der Waals surface area contributed by atoms with E-state index in [-0.39, 0.29) is 24.4 Å². The van der Waals surface area contributed by atoms with Gasteiger partial charge in [0, 0.05) is 37.9 Å². The van der Waals surface area contributed by atoms with Gasteiger partial charge in [-0.25, -0.2) is 0 Å². The maximum atomic E-state index is 13.5. The fourth-order valence-electron chi connectivity index (χ4n) is 5.17. The van der Waals surface area contributed by atoms with E-state index in [1.165, 1.54) is 12.8 Å². The van der Waals surface area contributed by atoms with E-state index in [0.717, 1.165) is 54.9 Å². The van der Waals surface area contributed by atoms with Gasteiger partial charge in [-0.15, -0.1) is 0 Å². The summed E-state index contributed by atoms with van der Waals surface area (Å²) >= 11 is 12.3. The molecule has 1 saturated carbocycles. The van der Waals surface area contributed by atoms with Crippen molar-refractivity contribution in [2.75, 3.05) is 45.2 Å². The standard InChI is InChI=1S/C32H36Cl2N4O2/c1-36(27-15-16-28(33)29(34)19-27)21-31(39)37(2)30(20-38-17-3-4-18-38)24-9-5-22(6-10-24)23-7-11-25(12-8-23)32(40)35-26-13-14-26/h5-12,15-16,19,26,30H,3-4,13-14,17-18,20-21H2,1-2H3,(H,35,40). The summed E-state index contributed by atoms with van der Waals surface area (Å²) < 4.78 is 0. The lowest BCUT2D eigenvalue weighted by Gasteiger charge is -2.33. The van der Waals surface area contributed by atoms with Crippen molar-refractivity contribution in [3.05, 3.63) is 87.9 Å². The topological polar surface area (TPSA) is 55.9 Å². The van der Waals surface area contributed by atoms with Crippen LogP contribution in [0.2, 0.25) is 10.0 Å². The SMILES string of the molecule is CN(CC(=O)N(C)C(CN1CCCC1)c1ccc(-c2ccc(C(=O)NC3CC3)cc2)cc1)c1ccc(Cl)c(Cl)c1. The summed E-state index contributed by atoms with van der Waals surface area (Å²) in [5.41, 5.74) is 4.75. The number of likely N-dealkylation sites (tertiary alicyclic amines) is 1. The van der Waals surface area contributed by atoms with Gasteiger partial charge in [-0.3, -0.25) is 9.59 Å². The third-order valence-corrected chi connectivity index (χ3v) is 8.63. The van der Waals surface area contributed by atoms with Gasteiger partial charge in [-0.05, 0) is 85.8 Å². The van der Waals surface area contributed by atoms with Gasteiger partial charge >= 0.3 is 0 Å². The molecule has 1 heterocycles. The average molecular weight is 580 g/mol. The van der Waals surface area contributed by atoms with E-state index in [2.05, 4.69) is 34.5 Å². The molecule has 0 aromatic heterocycles. The zero-order chi connectivity index (χ0) is 28.2. The van der Waals surface area contributed by atoms with E-state index >= 15 is 0 Å². The number of carbonyl (C=O) groups excluding carboxylic acids is 2. The Bertz CT molecular complexity index is 1340. The van der Waals surface area contributed by atoms with Crippen LogP contribution < -0.4 is 10.2 Å². The maximum absolute atomic E-state index is 13.5. The molecule has 1 saturated heterocycles. The van der Waals surface area contributed by atoms with Crippen molar-refractivity contribution in [2.24, 2.45) is 0 Å². The van der Waals surface area contributed by atoms with Crippen LogP contribution in [-0.4, -0.2) is 67.9 Å². The van der Waals surface area contributed by atoms with Gasteiger partial charge in [0.2, 0.25) is 5.91 Å². The Morgan fingerprint density at radius 1 is 0.900 bits per heavy atom. The molecule has 3 aromatic carbocycles. The Kier molecular flexibility index (Phi) is 8.99. The molecule has 2 aliphatic rings. The minimum Gasteiger partial charge on any atom is -0.365 e. The highest BCUT2D eigenvalue weighted by atomic mass is 35.5. The van der Waals surface area contributed by atoms with Crippen LogP contribution in [0, 0.1) is 0 Å². The minimum absolute atomic E-state index is 0.00772. The predicted molar refractivity (Wildman–Crippen MR) is 163 cm³/mol. The van der Waals surface area contributed by atoms with Crippen LogP contribution in [0.1, 0.15) is 47.6 Å². The first kappa shape index (κ1) is 28.5. The molecular formula is C32H36Cl2N4O2. The summed E-state index contributed by atoms with van der Waals surface area (Å²) in [6, 6.07) is 21.9. The first-order valence-corrected chi connectivity index (χ1v) is 14.7. The van der Waals surface area contributed by atoms with Gasteiger partial charge in [-0.1, -0.05) is 59.6 Å². The normalized spacial score (nSPS) is 16.0. The van der Waals surface area contributed by atoms with E-state index < -0.39 is 0 Å². The van der Waals surface area contributed by atoms with Crippen LogP contribution in [0.5, 0.6) is 0 Å². The summed E-state index contributed by atoms with van der Waals surface area (Å²) in [5, 5.41) is 3.99. The summed E-state index contributed by atoms with van der Waals surface area (Å²) in [6.07, 6.45) is 4.53. The predicted octanol–water partition coefficient (Wildman–Crippen LogP) is 6.28. The molecule has 1 aliphatic carbocycles. The molecule has 0 spiro atoms. The number of benzene rings is 3. The lowest BCUT2D eigenvalue weighted by Crippen LogP contribution is -2.42. The van der Waals surface area contributed by atoms with Crippen molar-refractivity contribution in [3.63, 3.8) is 0 Å². The molecule has 1 atom stereocenters. The molecule has 1 N–H and O–H groups in total. The number of likely N-dealkylation sites (N-methyl/N-ethyl adjacent to an activating group) is 2. The summed E-state index contributed by atoms with van der Waals surface area (Å²) in [6.45, 7) is 3.13. The smallest absolute Gasteiger partial charge is 0.251 e. The fourth-order valence-corrected chi connectivity index (χ4v) is 5.46. The molecular weight excluding hydrogens is 543 g/mol. The Morgan fingerprint density at radius 3 is 2.12 bits per heavy atom. The first-order valence-electron chi connectivity index (χ1n) is 13.9. The summed E-state index contributed by atoms with van der Waals surface area (Å²) in [7, 11) is 3.78. The van der Waals surface area contributed by atoms with Gasteiger partial charge in [0.05, 0.1) is 22.6 Å². The van der Waals surface area contributed by atoms with E-state index in [9.17, 15) is 9.59 Å². The molecule has 0 radical (unpaired) electrons. The zero-order valence-electron chi connectivity index (χ0n) is 23.1. The molecule has 2 fully saturated rings. The van der Waals surface area contributed by atoms with Crippen LogP contribution in [0.25, 0.3) is 11.1 Å². The second-order valence-corrected chi connectivity index (χ2v) is 11.7. The Labute approximate surface area is 246 Å². The highest BCUT2D eigenvalue weighted by Gasteiger charge is 2.27. The number of nitrogens with zero attached hydrogens (tertiary/aromatic N) is 3. The maximum Gasteiger partial charge on any atom is 0.251 e. The number of hydrogen-bond donors (Lipinski definition) is 1. The van der Waals surface area contributed by atoms with Crippen molar-refractivity contribution in [2.45, 2.75) is 37.8 Å². The van der Waals surface area contributed by atoms with Crippen molar-refractivity contribution < 1.29 is 9.59 Å². The third kappa shape index (κ3) is 6.98. The molecule has 1 aliphatic heterocycles. The number of amides is 2. The number of anilines is 1. The van der Waals surface area contributed by atoms with Crippen LogP contribution in [-0.2, 0) is 4.79 Å². The van der Waals surface area contributed by atoms with Crippen LogP contribution >= 0.6 is 23.2 Å². The fraction of sp³-hybridized carbons (Fsp3) is 0.375. The average Bonchev–Trinajstić information content (AvgIpc) is 3.63. The first-order chi connectivity index (χ1) is 19.3. The number of carbonyl (C=O) groups is 2. The minimum atomic E-state index is -0.0737. The molecule has 210 valence electrons. The Balaban J connectivity index is 1.30. The molecule has 40 heavy (non-hydrogen) atoms. The van der Waals surface area contributed by atoms with Crippen LogP contribution in [0.4, 0.5) is 5.69 Å². The van der Waals surface area contributed by atoms with E-state index in [4.69, 9.17) is 23.2 Å². The van der Waals surface area contributed by atoms with E-state index in [0.29, 0.717) is 21.7 Å². The molecule has 2 amide bonds. The van der Waals surface area contributed by atoms with E-state index in [1.54, 1.807) is 12.1 Å². The van der Waals surface area contributed by atoms with Crippen LogP contribution in [0.3, 0.4) is 0 Å². The van der Waals surface area contributed by atoms with Gasteiger partial charge < -0.3 is 20.0 Å². The summed E-state index contributed by atoms with van der Waals surface area (Å²) in [4.78, 5) is 32.0. The third-order valence-electron chi connectivity index (χ3n) is 7.90. The second kappa shape index (κ2) is 12.6. The van der Waals surface area contributed by atoms with Gasteiger partial charge in [-0.2, -0.15) is 0 Å². The zero-order valence-corrected chi connectivity index (χ0v) is 24.6. The van der Waals surface area contributed by atoms with Gasteiger partial charge in [0.25, 0.3) is 5.91 Å². The number of nitrogens with one attached hydrogen (secondary N) is 1. The molecule has 0 bridgehead atoms. The van der Waals surface area contributed by atoms with Gasteiger partial charge in [0.1, 0.15) is 0 Å². The molecule has 5 rings (SSSR count). The largest absolute Gasteiger partial charge is 0.365 e. The number of halogens is 2. The van der Waals surface area contributed by atoms with Crippen molar-refractivity contribution in [3.8, 4) is 11.1 Å². The Hall–Kier alpha value is -3.06. The Morgan fingerprint density at radius 2 is 1.52 bits per heavy atom. The molecule has 1 unspecified atom stereocenters. The van der Waals surface area contributed by atoms with Crippen molar-refractivity contribution in [1.82, 2.24) is 15.1 Å². The highest BCUT2D eigenvalue weighted by Crippen LogP contribution is 2.29. The quantitative estimate of drug-likeness (QED) is 0.307. The van der Waals surface area contributed by atoms with Gasteiger partial charge in [0.15, 0.2) is 0 Å². The van der Waals surface area contributed by atoms with Crippen molar-refractivity contribution >= 4 is 40.7 Å². The van der Waals surface area contributed by atoms with Crippen molar-refractivity contribution in [1.29, 1.82) is 0 Å². The molecule has 8 heteroatoms. The molecule has 6 nitrogen and oxygen atoms in total. The number of rotatable bonds is 10. The van der Waals surface area contributed by atoms with E-state index in [1.807, 2.05) is 54.2 Å². The second-order valence-electron chi connectivity index (χ2n) is 10.9. The monoisotopic (exact) mass is 578 g/mol. The number of hydrogen-bond acceptors (Lipinski definition) is 4. The lowest BCUT2D eigenvalue weighted by atomic mass is 9.98. The molecule has 3 aromatic rings. The lowest BCUT2D eigenvalue weighted by molar-refractivity contribution is -0.131. The highest BCUT2D eigenvalue weighted by molar-refractivity contribution is 6.42.